The van der Waals surface area contributed by atoms with Gasteiger partial charge in [-0.2, -0.15) is 5.10 Å². The lowest BCUT2D eigenvalue weighted by Crippen LogP contribution is -2.24. The van der Waals surface area contributed by atoms with E-state index in [1.165, 1.54) is 0 Å². The molecule has 0 spiro atoms. The number of carbonyl (C=O) groups is 1. The van der Waals surface area contributed by atoms with Crippen molar-refractivity contribution in [2.75, 3.05) is 0 Å². The molecule has 4 nitrogen and oxygen atoms in total. The van der Waals surface area contributed by atoms with Crippen LogP contribution in [-0.4, -0.2) is 15.7 Å². The van der Waals surface area contributed by atoms with E-state index < -0.39 is 0 Å². The summed E-state index contributed by atoms with van der Waals surface area (Å²) < 4.78 is 1.87. The summed E-state index contributed by atoms with van der Waals surface area (Å²) in [7, 11) is 0. The third-order valence-electron chi connectivity index (χ3n) is 4.93. The molecule has 150 valence electrons. The van der Waals surface area contributed by atoms with Crippen LogP contribution < -0.4 is 5.32 Å². The fourth-order valence-corrected chi connectivity index (χ4v) is 3.73. The fourth-order valence-electron chi connectivity index (χ4n) is 3.52. The first kappa shape index (κ1) is 19.9. The van der Waals surface area contributed by atoms with Gasteiger partial charge in [0.1, 0.15) is 5.69 Å². The SMILES string of the molecule is CCc1c(C(=O)NCc2cccc(Cl)c2)c(-c2ccccc2)nn1-c1ccccc1. The van der Waals surface area contributed by atoms with Gasteiger partial charge in [0.15, 0.2) is 0 Å². The first-order valence-electron chi connectivity index (χ1n) is 9.92. The molecule has 1 aromatic heterocycles. The molecule has 4 rings (SSSR count). The molecule has 0 aliphatic rings. The summed E-state index contributed by atoms with van der Waals surface area (Å²) >= 11 is 6.08. The maximum atomic E-state index is 13.3. The molecule has 0 aliphatic heterocycles. The zero-order valence-corrected chi connectivity index (χ0v) is 17.4. The minimum absolute atomic E-state index is 0.146. The van der Waals surface area contributed by atoms with E-state index in [4.69, 9.17) is 16.7 Å². The summed E-state index contributed by atoms with van der Waals surface area (Å²) in [6.07, 6.45) is 0.675. The number of halogens is 1. The molecule has 1 heterocycles. The highest BCUT2D eigenvalue weighted by atomic mass is 35.5. The Morgan fingerprint density at radius 2 is 1.67 bits per heavy atom. The lowest BCUT2D eigenvalue weighted by molar-refractivity contribution is 0.0950. The van der Waals surface area contributed by atoms with E-state index in [9.17, 15) is 4.79 Å². The highest BCUT2D eigenvalue weighted by Gasteiger charge is 2.24. The van der Waals surface area contributed by atoms with E-state index in [2.05, 4.69) is 5.32 Å². The van der Waals surface area contributed by atoms with Crippen molar-refractivity contribution in [1.29, 1.82) is 0 Å². The topological polar surface area (TPSA) is 46.9 Å². The molecule has 30 heavy (non-hydrogen) atoms. The van der Waals surface area contributed by atoms with Crippen molar-refractivity contribution in [2.24, 2.45) is 0 Å². The molecule has 0 bridgehead atoms. The van der Waals surface area contributed by atoms with Gasteiger partial charge in [0, 0.05) is 17.1 Å². The Morgan fingerprint density at radius 1 is 0.967 bits per heavy atom. The molecule has 4 aromatic rings. The number of nitrogens with zero attached hydrogens (tertiary/aromatic N) is 2. The molecule has 0 fully saturated rings. The zero-order valence-electron chi connectivity index (χ0n) is 16.7. The number of para-hydroxylation sites is 1. The van der Waals surface area contributed by atoms with Gasteiger partial charge in [-0.1, -0.05) is 79.2 Å². The van der Waals surface area contributed by atoms with Gasteiger partial charge in [-0.05, 0) is 36.2 Å². The Labute approximate surface area is 181 Å². The Balaban J connectivity index is 1.76. The highest BCUT2D eigenvalue weighted by Crippen LogP contribution is 2.28. The molecule has 0 saturated carbocycles. The summed E-state index contributed by atoms with van der Waals surface area (Å²) in [5, 5.41) is 8.54. The van der Waals surface area contributed by atoms with E-state index >= 15 is 0 Å². The zero-order chi connectivity index (χ0) is 20.9. The van der Waals surface area contributed by atoms with Crippen LogP contribution in [0.2, 0.25) is 5.02 Å². The van der Waals surface area contributed by atoms with E-state index in [0.29, 0.717) is 29.2 Å². The Morgan fingerprint density at radius 3 is 2.33 bits per heavy atom. The molecule has 1 N–H and O–H groups in total. The van der Waals surface area contributed by atoms with Gasteiger partial charge in [0.05, 0.1) is 16.9 Å². The molecule has 0 aliphatic carbocycles. The highest BCUT2D eigenvalue weighted by molar-refractivity contribution is 6.30. The standard InChI is InChI=1S/C25H22ClN3O/c1-2-22-23(25(30)27-17-18-10-9-13-20(26)16-18)24(19-11-5-3-6-12-19)28-29(22)21-14-7-4-8-15-21/h3-16H,2,17H2,1H3,(H,27,30). The molecule has 0 unspecified atom stereocenters. The number of rotatable bonds is 6. The minimum atomic E-state index is -0.146. The van der Waals surface area contributed by atoms with E-state index in [-0.39, 0.29) is 5.91 Å². The second-order valence-corrected chi connectivity index (χ2v) is 7.39. The molecular formula is C25H22ClN3O. The average molecular weight is 416 g/mol. The molecule has 5 heteroatoms. The number of benzene rings is 3. The lowest BCUT2D eigenvalue weighted by atomic mass is 10.0. The molecule has 0 saturated heterocycles. The van der Waals surface area contributed by atoms with Gasteiger partial charge in [-0.25, -0.2) is 4.68 Å². The summed E-state index contributed by atoms with van der Waals surface area (Å²) in [6.45, 7) is 2.44. The van der Waals surface area contributed by atoms with Gasteiger partial charge >= 0.3 is 0 Å². The number of hydrogen-bond donors (Lipinski definition) is 1. The Kier molecular flexibility index (Phi) is 5.96. The maximum Gasteiger partial charge on any atom is 0.255 e. The molecule has 1 amide bonds. The predicted octanol–water partition coefficient (Wildman–Crippen LogP) is 5.69. The van der Waals surface area contributed by atoms with Crippen molar-refractivity contribution in [3.63, 3.8) is 0 Å². The van der Waals surface area contributed by atoms with Crippen molar-refractivity contribution in [2.45, 2.75) is 19.9 Å². The molecule has 0 radical (unpaired) electrons. The molecule has 3 aromatic carbocycles. The first-order valence-corrected chi connectivity index (χ1v) is 10.3. The Hall–Kier alpha value is -3.37. The number of aromatic nitrogens is 2. The number of amides is 1. The van der Waals surface area contributed by atoms with Crippen LogP contribution >= 0.6 is 11.6 Å². The predicted molar refractivity (Wildman–Crippen MR) is 121 cm³/mol. The second-order valence-electron chi connectivity index (χ2n) is 6.95. The average Bonchev–Trinajstić information content (AvgIpc) is 3.18. The first-order chi connectivity index (χ1) is 14.7. The normalized spacial score (nSPS) is 10.7. The van der Waals surface area contributed by atoms with Crippen molar-refractivity contribution >= 4 is 17.5 Å². The quantitative estimate of drug-likeness (QED) is 0.440. The summed E-state index contributed by atoms with van der Waals surface area (Å²) in [6, 6.07) is 27.2. The Bertz CT molecular complexity index is 1150. The summed E-state index contributed by atoms with van der Waals surface area (Å²) in [5.41, 5.74) is 4.96. The third-order valence-corrected chi connectivity index (χ3v) is 5.17. The van der Waals surface area contributed by atoms with Crippen LogP contribution in [0, 0.1) is 0 Å². The minimum Gasteiger partial charge on any atom is -0.348 e. The fraction of sp³-hybridized carbons (Fsp3) is 0.120. The van der Waals surface area contributed by atoms with Crippen molar-refractivity contribution < 1.29 is 4.79 Å². The monoisotopic (exact) mass is 415 g/mol. The van der Waals surface area contributed by atoms with Crippen LogP contribution in [0.3, 0.4) is 0 Å². The van der Waals surface area contributed by atoms with Crippen molar-refractivity contribution in [3.05, 3.63) is 107 Å². The van der Waals surface area contributed by atoms with Crippen LogP contribution in [0.1, 0.15) is 28.5 Å². The van der Waals surface area contributed by atoms with Gasteiger partial charge in [0.25, 0.3) is 5.91 Å². The van der Waals surface area contributed by atoms with Crippen LogP contribution in [0.15, 0.2) is 84.9 Å². The molecule has 0 atom stereocenters. The third kappa shape index (κ3) is 4.14. The van der Waals surface area contributed by atoms with Crippen LogP contribution in [0.25, 0.3) is 16.9 Å². The number of carbonyl (C=O) groups excluding carboxylic acids is 1. The van der Waals surface area contributed by atoms with E-state index in [1.807, 2.05) is 96.5 Å². The van der Waals surface area contributed by atoms with Gasteiger partial charge in [-0.15, -0.1) is 0 Å². The van der Waals surface area contributed by atoms with Crippen molar-refractivity contribution in [3.8, 4) is 16.9 Å². The van der Waals surface area contributed by atoms with E-state index in [0.717, 1.165) is 22.5 Å². The van der Waals surface area contributed by atoms with E-state index in [1.54, 1.807) is 0 Å². The number of hydrogen-bond acceptors (Lipinski definition) is 2. The second kappa shape index (κ2) is 8.97. The summed E-state index contributed by atoms with van der Waals surface area (Å²) in [5.74, 6) is -0.146. The lowest BCUT2D eigenvalue weighted by Gasteiger charge is -2.09. The largest absolute Gasteiger partial charge is 0.348 e. The smallest absolute Gasteiger partial charge is 0.255 e. The van der Waals surface area contributed by atoms with Crippen LogP contribution in [0.5, 0.6) is 0 Å². The summed E-state index contributed by atoms with van der Waals surface area (Å²) in [4.78, 5) is 13.3. The van der Waals surface area contributed by atoms with Crippen LogP contribution in [-0.2, 0) is 13.0 Å². The van der Waals surface area contributed by atoms with Gasteiger partial charge in [0.2, 0.25) is 0 Å². The van der Waals surface area contributed by atoms with Gasteiger partial charge in [-0.3, -0.25) is 4.79 Å². The molecular weight excluding hydrogens is 394 g/mol. The van der Waals surface area contributed by atoms with Crippen LogP contribution in [0.4, 0.5) is 0 Å². The number of nitrogens with one attached hydrogen (secondary N) is 1. The maximum absolute atomic E-state index is 13.3. The van der Waals surface area contributed by atoms with Crippen molar-refractivity contribution in [1.82, 2.24) is 15.1 Å². The van der Waals surface area contributed by atoms with Gasteiger partial charge < -0.3 is 5.32 Å².